The number of halogens is 1. The molecule has 2 fully saturated rings. The van der Waals surface area contributed by atoms with Gasteiger partial charge in [0.25, 0.3) is 0 Å². The van der Waals surface area contributed by atoms with Gasteiger partial charge in [-0.25, -0.2) is 0 Å². The van der Waals surface area contributed by atoms with E-state index in [4.69, 9.17) is 0 Å². The Hall–Kier alpha value is -0.810. The Morgan fingerprint density at radius 1 is 1.29 bits per heavy atom. The number of carbonyl (C=O) groups is 2. The number of hydrogen-bond acceptors (Lipinski definition) is 3. The smallest absolute Gasteiger partial charge is 0.227 e. The summed E-state index contributed by atoms with van der Waals surface area (Å²) in [7, 11) is 0. The zero-order valence-electron chi connectivity index (χ0n) is 12.9. The fourth-order valence-electron chi connectivity index (χ4n) is 3.14. The molecule has 21 heavy (non-hydrogen) atoms. The zero-order valence-corrected chi connectivity index (χ0v) is 13.7. The average Bonchev–Trinajstić information content (AvgIpc) is 2.48. The van der Waals surface area contributed by atoms with Crippen LogP contribution in [0.15, 0.2) is 0 Å². The van der Waals surface area contributed by atoms with Crippen molar-refractivity contribution >= 4 is 24.2 Å². The summed E-state index contributed by atoms with van der Waals surface area (Å²) in [6.45, 7) is 5.37. The quantitative estimate of drug-likeness (QED) is 0.822. The van der Waals surface area contributed by atoms with Gasteiger partial charge in [-0.05, 0) is 38.6 Å². The highest BCUT2D eigenvalue weighted by molar-refractivity contribution is 5.85. The SMILES string of the molecule is CCCC(=O)NC1CCCN(C(=O)C2CCCNC2)C1.Cl. The van der Waals surface area contributed by atoms with Crippen LogP contribution in [-0.2, 0) is 9.59 Å². The second-order valence-electron chi connectivity index (χ2n) is 5.98. The third-order valence-corrected chi connectivity index (χ3v) is 4.22. The van der Waals surface area contributed by atoms with E-state index in [-0.39, 0.29) is 36.2 Å². The van der Waals surface area contributed by atoms with Crippen molar-refractivity contribution < 1.29 is 9.59 Å². The largest absolute Gasteiger partial charge is 0.352 e. The summed E-state index contributed by atoms with van der Waals surface area (Å²) in [5, 5.41) is 6.36. The summed E-state index contributed by atoms with van der Waals surface area (Å²) in [6, 6.07) is 0.142. The Kier molecular flexibility index (Phi) is 8.04. The number of carbonyl (C=O) groups excluding carboxylic acids is 2. The van der Waals surface area contributed by atoms with E-state index in [9.17, 15) is 9.59 Å². The molecule has 5 nitrogen and oxygen atoms in total. The topological polar surface area (TPSA) is 61.4 Å². The Morgan fingerprint density at radius 2 is 2.10 bits per heavy atom. The highest BCUT2D eigenvalue weighted by Crippen LogP contribution is 2.18. The van der Waals surface area contributed by atoms with E-state index >= 15 is 0 Å². The molecule has 2 aliphatic rings. The Bertz CT molecular complexity index is 346. The normalized spacial score (nSPS) is 25.9. The second kappa shape index (κ2) is 9.26. The number of rotatable bonds is 4. The molecule has 0 aromatic carbocycles. The molecule has 2 heterocycles. The summed E-state index contributed by atoms with van der Waals surface area (Å²) in [5.74, 6) is 0.520. The van der Waals surface area contributed by atoms with E-state index in [1.807, 2.05) is 11.8 Å². The van der Waals surface area contributed by atoms with Crippen molar-refractivity contribution in [3.8, 4) is 0 Å². The van der Waals surface area contributed by atoms with Crippen molar-refractivity contribution in [1.29, 1.82) is 0 Å². The fourth-order valence-corrected chi connectivity index (χ4v) is 3.14. The van der Waals surface area contributed by atoms with Crippen LogP contribution in [0.3, 0.4) is 0 Å². The predicted molar refractivity (Wildman–Crippen MR) is 85.5 cm³/mol. The Labute approximate surface area is 133 Å². The third kappa shape index (κ3) is 5.47. The number of nitrogens with zero attached hydrogens (tertiary/aromatic N) is 1. The molecule has 2 amide bonds. The summed E-state index contributed by atoms with van der Waals surface area (Å²) in [5.41, 5.74) is 0. The van der Waals surface area contributed by atoms with Gasteiger partial charge in [0.15, 0.2) is 0 Å². The lowest BCUT2D eigenvalue weighted by Gasteiger charge is -2.36. The lowest BCUT2D eigenvalue weighted by Crippen LogP contribution is -2.52. The van der Waals surface area contributed by atoms with Gasteiger partial charge in [0, 0.05) is 32.1 Å². The van der Waals surface area contributed by atoms with Crippen molar-refractivity contribution in [3.05, 3.63) is 0 Å². The third-order valence-electron chi connectivity index (χ3n) is 4.22. The van der Waals surface area contributed by atoms with E-state index in [2.05, 4.69) is 10.6 Å². The lowest BCUT2D eigenvalue weighted by molar-refractivity contribution is -0.138. The van der Waals surface area contributed by atoms with Gasteiger partial charge in [0.2, 0.25) is 11.8 Å². The molecular formula is C15H28ClN3O2. The average molecular weight is 318 g/mol. The van der Waals surface area contributed by atoms with Crippen LogP contribution < -0.4 is 10.6 Å². The molecule has 2 saturated heterocycles. The van der Waals surface area contributed by atoms with Crippen LogP contribution >= 0.6 is 12.4 Å². The maximum absolute atomic E-state index is 12.5. The number of likely N-dealkylation sites (tertiary alicyclic amines) is 1. The van der Waals surface area contributed by atoms with Crippen molar-refractivity contribution in [2.75, 3.05) is 26.2 Å². The van der Waals surface area contributed by atoms with E-state index in [1.165, 1.54) is 0 Å². The van der Waals surface area contributed by atoms with Crippen LogP contribution in [0.2, 0.25) is 0 Å². The lowest BCUT2D eigenvalue weighted by atomic mass is 9.96. The number of piperidine rings is 2. The molecule has 2 N–H and O–H groups in total. The van der Waals surface area contributed by atoms with Gasteiger partial charge in [0.1, 0.15) is 0 Å². The molecule has 2 atom stereocenters. The first kappa shape index (κ1) is 18.2. The minimum Gasteiger partial charge on any atom is -0.352 e. The molecule has 0 bridgehead atoms. The first-order chi connectivity index (χ1) is 9.70. The van der Waals surface area contributed by atoms with Crippen molar-refractivity contribution in [1.82, 2.24) is 15.5 Å². The van der Waals surface area contributed by atoms with E-state index in [0.717, 1.165) is 51.7 Å². The van der Waals surface area contributed by atoms with Crippen LogP contribution in [0.4, 0.5) is 0 Å². The molecule has 0 radical (unpaired) electrons. The molecule has 6 heteroatoms. The van der Waals surface area contributed by atoms with Gasteiger partial charge in [-0.1, -0.05) is 6.92 Å². The van der Waals surface area contributed by atoms with Gasteiger partial charge < -0.3 is 15.5 Å². The maximum atomic E-state index is 12.5. The molecule has 2 unspecified atom stereocenters. The standard InChI is InChI=1S/C15H27N3O2.ClH/c1-2-5-14(19)17-13-7-4-9-18(11-13)15(20)12-6-3-8-16-10-12;/h12-13,16H,2-11H2,1H3,(H,17,19);1H. The van der Waals surface area contributed by atoms with Crippen molar-refractivity contribution in [2.24, 2.45) is 5.92 Å². The molecule has 0 aromatic heterocycles. The second-order valence-corrected chi connectivity index (χ2v) is 5.98. The zero-order chi connectivity index (χ0) is 14.4. The van der Waals surface area contributed by atoms with Gasteiger partial charge in [0.05, 0.1) is 5.92 Å². The van der Waals surface area contributed by atoms with Crippen LogP contribution in [-0.4, -0.2) is 48.9 Å². The summed E-state index contributed by atoms with van der Waals surface area (Å²) in [6.07, 6.45) is 5.51. The highest BCUT2D eigenvalue weighted by Gasteiger charge is 2.30. The predicted octanol–water partition coefficient (Wildman–Crippen LogP) is 1.32. The molecule has 0 aromatic rings. The van der Waals surface area contributed by atoms with Crippen LogP contribution in [0, 0.1) is 5.92 Å². The van der Waals surface area contributed by atoms with Crippen LogP contribution in [0.5, 0.6) is 0 Å². The molecule has 0 aliphatic carbocycles. The molecule has 122 valence electrons. The van der Waals surface area contributed by atoms with E-state index in [1.54, 1.807) is 0 Å². The fraction of sp³-hybridized carbons (Fsp3) is 0.867. The minimum absolute atomic E-state index is 0. The summed E-state index contributed by atoms with van der Waals surface area (Å²) < 4.78 is 0. The minimum atomic E-state index is 0. The number of hydrogen-bond donors (Lipinski definition) is 2. The number of nitrogens with one attached hydrogen (secondary N) is 2. The van der Waals surface area contributed by atoms with Crippen LogP contribution in [0.25, 0.3) is 0 Å². The molecule has 2 rings (SSSR count). The van der Waals surface area contributed by atoms with Crippen molar-refractivity contribution in [3.63, 3.8) is 0 Å². The van der Waals surface area contributed by atoms with Gasteiger partial charge in [-0.15, -0.1) is 12.4 Å². The number of amides is 2. The first-order valence-electron chi connectivity index (χ1n) is 7.99. The van der Waals surface area contributed by atoms with Crippen molar-refractivity contribution in [2.45, 2.75) is 51.5 Å². The first-order valence-corrected chi connectivity index (χ1v) is 7.99. The molecule has 0 spiro atoms. The van der Waals surface area contributed by atoms with Crippen LogP contribution in [0.1, 0.15) is 45.4 Å². The maximum Gasteiger partial charge on any atom is 0.227 e. The Balaban J connectivity index is 0.00000220. The summed E-state index contributed by atoms with van der Waals surface area (Å²) in [4.78, 5) is 26.1. The summed E-state index contributed by atoms with van der Waals surface area (Å²) >= 11 is 0. The highest BCUT2D eigenvalue weighted by atomic mass is 35.5. The van der Waals surface area contributed by atoms with Gasteiger partial charge in [-0.2, -0.15) is 0 Å². The Morgan fingerprint density at radius 3 is 2.76 bits per heavy atom. The van der Waals surface area contributed by atoms with E-state index < -0.39 is 0 Å². The van der Waals surface area contributed by atoms with Gasteiger partial charge >= 0.3 is 0 Å². The molecular weight excluding hydrogens is 290 g/mol. The van der Waals surface area contributed by atoms with E-state index in [0.29, 0.717) is 13.0 Å². The molecule has 0 saturated carbocycles. The monoisotopic (exact) mass is 317 g/mol. The molecule has 2 aliphatic heterocycles. The van der Waals surface area contributed by atoms with Gasteiger partial charge in [-0.3, -0.25) is 9.59 Å².